The second kappa shape index (κ2) is 17.2. The molecule has 0 amide bonds. The summed E-state index contributed by atoms with van der Waals surface area (Å²) in [4.78, 5) is 12.2. The Bertz CT molecular complexity index is 1840. The predicted molar refractivity (Wildman–Crippen MR) is 230 cm³/mol. The van der Waals surface area contributed by atoms with Crippen LogP contribution in [-0.4, -0.2) is 192 Å². The number of aliphatic hydroxyl groups is 10. The van der Waals surface area contributed by atoms with E-state index in [0.717, 1.165) is 25.7 Å². The molecular formula is C48H78O19. The lowest BCUT2D eigenvalue weighted by Gasteiger charge is -2.65. The van der Waals surface area contributed by atoms with Crippen LogP contribution in [-0.2, 0) is 42.7 Å². The fourth-order valence-corrected chi connectivity index (χ4v) is 16.4. The maximum Gasteiger partial charge on any atom is 0.303 e. The molecule has 4 saturated heterocycles. The number of carbonyl (C=O) groups is 1. The topological polar surface area (TPSA) is 293 Å². The molecule has 9 aliphatic rings. The number of carbonyl (C=O) groups excluding carboxylic acids is 1. The highest BCUT2D eigenvalue weighted by Crippen LogP contribution is 2.89. The Labute approximate surface area is 392 Å². The average molecular weight is 959 g/mol. The molecule has 5 saturated carbocycles. The van der Waals surface area contributed by atoms with Crippen LogP contribution in [0.1, 0.15) is 113 Å². The van der Waals surface area contributed by atoms with Crippen LogP contribution in [0.2, 0.25) is 0 Å². The van der Waals surface area contributed by atoms with Gasteiger partial charge in [-0.1, -0.05) is 27.7 Å². The smallest absolute Gasteiger partial charge is 0.303 e. The van der Waals surface area contributed by atoms with Crippen LogP contribution >= 0.6 is 0 Å². The van der Waals surface area contributed by atoms with Crippen LogP contribution in [0, 0.1) is 44.8 Å². The minimum absolute atomic E-state index is 0.0441. The summed E-state index contributed by atoms with van der Waals surface area (Å²) < 4.78 is 50.1. The molecule has 4 heterocycles. The van der Waals surface area contributed by atoms with Crippen molar-refractivity contribution in [2.24, 2.45) is 44.8 Å². The van der Waals surface area contributed by atoms with E-state index in [0.29, 0.717) is 32.1 Å². The zero-order valence-electron chi connectivity index (χ0n) is 40.2. The van der Waals surface area contributed by atoms with Gasteiger partial charge in [0, 0.05) is 12.8 Å². The van der Waals surface area contributed by atoms with E-state index < -0.39 is 144 Å². The molecule has 0 aromatic carbocycles. The van der Waals surface area contributed by atoms with Gasteiger partial charge >= 0.3 is 5.97 Å². The van der Waals surface area contributed by atoms with Gasteiger partial charge in [0.2, 0.25) is 0 Å². The lowest BCUT2D eigenvalue weighted by atomic mass is 9.41. The van der Waals surface area contributed by atoms with Crippen molar-refractivity contribution < 1.29 is 93.8 Å². The fourth-order valence-electron chi connectivity index (χ4n) is 16.4. The zero-order chi connectivity index (χ0) is 48.8. The Morgan fingerprint density at radius 2 is 1.34 bits per heavy atom. The van der Waals surface area contributed by atoms with Crippen molar-refractivity contribution in [1.82, 2.24) is 0 Å². The number of hydrogen-bond donors (Lipinski definition) is 10. The molecule has 5 aliphatic carbocycles. The van der Waals surface area contributed by atoms with Crippen molar-refractivity contribution >= 4 is 5.97 Å². The van der Waals surface area contributed by atoms with Crippen molar-refractivity contribution in [2.45, 2.75) is 229 Å². The van der Waals surface area contributed by atoms with Gasteiger partial charge in [-0.05, 0) is 117 Å². The second-order valence-electron chi connectivity index (χ2n) is 24.0. The highest BCUT2D eigenvalue weighted by atomic mass is 16.7. The fraction of sp³-hybridized carbons (Fsp3) is 0.979. The number of rotatable bonds is 10. The number of hydrogen-bond acceptors (Lipinski definition) is 19. The van der Waals surface area contributed by atoms with Gasteiger partial charge in [-0.15, -0.1) is 0 Å². The Morgan fingerprint density at radius 1 is 0.687 bits per heavy atom. The third-order valence-corrected chi connectivity index (χ3v) is 19.8. The molecule has 9 rings (SSSR count). The maximum absolute atomic E-state index is 12.5. The van der Waals surface area contributed by atoms with E-state index in [1.165, 1.54) is 6.92 Å². The van der Waals surface area contributed by atoms with Crippen molar-refractivity contribution in [3.63, 3.8) is 0 Å². The number of esters is 1. The van der Waals surface area contributed by atoms with E-state index >= 15 is 0 Å². The number of ether oxygens (including phenoxy) is 8. The monoisotopic (exact) mass is 959 g/mol. The summed E-state index contributed by atoms with van der Waals surface area (Å²) in [5, 5.41) is 108. The molecule has 0 aromatic heterocycles. The minimum atomic E-state index is -1.59. The molecule has 9 fully saturated rings. The summed E-state index contributed by atoms with van der Waals surface area (Å²) in [5.74, 6) is -1.09. The van der Waals surface area contributed by atoms with Crippen LogP contribution in [0.3, 0.4) is 0 Å². The first-order valence-electron chi connectivity index (χ1n) is 24.7. The van der Waals surface area contributed by atoms with Gasteiger partial charge < -0.3 is 89.0 Å². The van der Waals surface area contributed by atoms with Crippen LogP contribution < -0.4 is 0 Å². The lowest BCUT2D eigenvalue weighted by Crippen LogP contribution is -2.65. The molecule has 2 spiro atoms. The minimum Gasteiger partial charge on any atom is -0.454 e. The summed E-state index contributed by atoms with van der Waals surface area (Å²) in [6, 6.07) is 0. The molecule has 67 heavy (non-hydrogen) atoms. The third kappa shape index (κ3) is 7.65. The van der Waals surface area contributed by atoms with Gasteiger partial charge in [-0.2, -0.15) is 0 Å². The molecular weight excluding hydrogens is 881 g/mol. The molecule has 19 heteroatoms. The summed E-state index contributed by atoms with van der Waals surface area (Å²) in [5.41, 5.74) is -3.75. The van der Waals surface area contributed by atoms with E-state index in [2.05, 4.69) is 34.6 Å². The molecule has 19 nitrogen and oxygen atoms in total. The zero-order valence-corrected chi connectivity index (χ0v) is 40.2. The van der Waals surface area contributed by atoms with E-state index in [4.69, 9.17) is 37.9 Å². The first kappa shape index (κ1) is 50.7. The van der Waals surface area contributed by atoms with Gasteiger partial charge in [0.25, 0.3) is 0 Å². The van der Waals surface area contributed by atoms with E-state index in [1.807, 2.05) is 13.8 Å². The van der Waals surface area contributed by atoms with Gasteiger partial charge in [0.1, 0.15) is 54.9 Å². The maximum atomic E-state index is 12.5. The Hall–Kier alpha value is -1.21. The average Bonchev–Trinajstić information content (AvgIpc) is 3.62. The largest absolute Gasteiger partial charge is 0.454 e. The first-order valence-corrected chi connectivity index (χ1v) is 24.7. The highest BCUT2D eigenvalue weighted by molar-refractivity contribution is 5.66. The Balaban J connectivity index is 0.998. The molecule has 0 unspecified atom stereocenters. The lowest BCUT2D eigenvalue weighted by molar-refractivity contribution is -0.335. The predicted octanol–water partition coefficient (Wildman–Crippen LogP) is -0.242. The molecule has 0 aromatic rings. The van der Waals surface area contributed by atoms with Crippen LogP contribution in [0.4, 0.5) is 0 Å². The molecule has 10 N–H and O–H groups in total. The number of aliphatic hydroxyl groups excluding tert-OH is 10. The molecule has 0 radical (unpaired) electrons. The summed E-state index contributed by atoms with van der Waals surface area (Å²) >= 11 is 0. The van der Waals surface area contributed by atoms with E-state index in [9.17, 15) is 55.9 Å². The summed E-state index contributed by atoms with van der Waals surface area (Å²) in [6.45, 7) is 14.8. The molecule has 4 aliphatic heterocycles. The summed E-state index contributed by atoms with van der Waals surface area (Å²) in [6.07, 6.45) is -13.9. The number of fused-ring (bicyclic) bond motifs is 2. The van der Waals surface area contributed by atoms with E-state index in [1.54, 1.807) is 0 Å². The highest BCUT2D eigenvalue weighted by Gasteiger charge is 2.85. The molecule has 384 valence electrons. The van der Waals surface area contributed by atoms with Crippen molar-refractivity contribution in [1.29, 1.82) is 0 Å². The Kier molecular flexibility index (Phi) is 13.0. The Morgan fingerprint density at radius 3 is 2.01 bits per heavy atom. The van der Waals surface area contributed by atoms with Gasteiger partial charge in [-0.25, -0.2) is 0 Å². The molecule has 25 atom stereocenters. The molecule has 0 bridgehead atoms. The summed E-state index contributed by atoms with van der Waals surface area (Å²) in [7, 11) is 0. The van der Waals surface area contributed by atoms with Crippen LogP contribution in [0.25, 0.3) is 0 Å². The van der Waals surface area contributed by atoms with Crippen molar-refractivity contribution in [2.75, 3.05) is 19.8 Å². The van der Waals surface area contributed by atoms with Crippen LogP contribution in [0.15, 0.2) is 0 Å². The first-order chi connectivity index (χ1) is 31.2. The van der Waals surface area contributed by atoms with Crippen molar-refractivity contribution in [3.05, 3.63) is 0 Å². The normalized spacial score (nSPS) is 56.0. The van der Waals surface area contributed by atoms with Gasteiger partial charge in [0.15, 0.2) is 25.0 Å². The quantitative estimate of drug-likeness (QED) is 0.0999. The van der Waals surface area contributed by atoms with Gasteiger partial charge in [-0.3, -0.25) is 4.79 Å². The standard InChI is InChI=1S/C48H78O19/c1-21(50)62-36-31(55)24(53)19-61-41(36)65-28-10-12-48-20-47(48)14-13-44(6)37(46(8)11-9-29(66-46)43(4,5)67-40-35(59)33(57)32(56)26(17-49)64-40)22(51)16-45(44,7)27(47)15-25(38(48)42(28,2)3)63-39-34(58)30(54)23(52)18-60-39/h22-41,49,51-59H,9-20H2,1-8H3/t22-,23+,24+,25-,26+,27-,28-,29-,30-,31-,32+,33-,34+,35+,36+,37-,38-,39-,40-,41-,44+,45-,46+,47-,48+/m0/s1. The van der Waals surface area contributed by atoms with Crippen molar-refractivity contribution in [3.8, 4) is 0 Å². The SMILES string of the molecule is CC(=O)O[C@H]1[C@H](O[C@H]2CC[C@]34C[C@]35CC[C@]3(C)[C@@H]([C@@]6(C)CC[C@@H](C(C)(C)O[C@@H]7O[C@H](CO)[C@@H](O)[C@H](O)[C@H]7O)O6)[C@@H](O)C[C@@]3(C)[C@@H]5C[C@H](O[C@@H]3OC[C@@H](O)[C@H](O)[C@H]3O)[C@H]4C2(C)C)OC[C@@H](O)[C@@H]1O. The third-order valence-electron chi connectivity index (χ3n) is 19.8. The second-order valence-corrected chi connectivity index (χ2v) is 24.0. The van der Waals surface area contributed by atoms with Gasteiger partial charge in [0.05, 0.1) is 55.4 Å². The van der Waals surface area contributed by atoms with Crippen LogP contribution in [0.5, 0.6) is 0 Å². The van der Waals surface area contributed by atoms with E-state index in [-0.39, 0.29) is 41.8 Å².